The van der Waals surface area contributed by atoms with Crippen molar-refractivity contribution in [1.82, 2.24) is 9.38 Å². The average Bonchev–Trinajstić information content (AvgIpc) is 3.19. The zero-order chi connectivity index (χ0) is 23.3. The van der Waals surface area contributed by atoms with Crippen molar-refractivity contribution in [2.75, 3.05) is 0 Å². The SMILES string of the molecule is Cc1cccc(C)c1-c1cnc2c3ccccc3c3cc(CC(C)C)c(CC(C)C)cc3n12. The van der Waals surface area contributed by atoms with E-state index in [0.29, 0.717) is 11.8 Å². The van der Waals surface area contributed by atoms with E-state index in [0.717, 1.165) is 18.5 Å². The van der Waals surface area contributed by atoms with Gasteiger partial charge in [-0.1, -0.05) is 70.2 Å². The highest BCUT2D eigenvalue weighted by atomic mass is 15.0. The summed E-state index contributed by atoms with van der Waals surface area (Å²) in [6.45, 7) is 13.7. The fraction of sp³-hybridized carbons (Fsp3) is 0.323. The number of aromatic nitrogens is 2. The zero-order valence-corrected chi connectivity index (χ0v) is 20.7. The number of pyridine rings is 1. The van der Waals surface area contributed by atoms with Gasteiger partial charge in [-0.25, -0.2) is 4.98 Å². The molecule has 5 rings (SSSR count). The van der Waals surface area contributed by atoms with E-state index >= 15 is 0 Å². The second-order valence-corrected chi connectivity index (χ2v) is 10.4. The number of hydrogen-bond acceptors (Lipinski definition) is 1. The molecule has 2 heterocycles. The summed E-state index contributed by atoms with van der Waals surface area (Å²) in [6, 6.07) is 20.2. The maximum atomic E-state index is 4.98. The number of hydrogen-bond donors (Lipinski definition) is 0. The van der Waals surface area contributed by atoms with Crippen molar-refractivity contribution in [2.45, 2.75) is 54.4 Å². The quantitative estimate of drug-likeness (QED) is 0.254. The molecule has 0 aliphatic rings. The molecule has 5 aromatic rings. The number of fused-ring (bicyclic) bond motifs is 6. The van der Waals surface area contributed by atoms with Crippen molar-refractivity contribution in [3.8, 4) is 11.3 Å². The van der Waals surface area contributed by atoms with Crippen LogP contribution in [0.3, 0.4) is 0 Å². The Morgan fingerprint density at radius 3 is 1.97 bits per heavy atom. The zero-order valence-electron chi connectivity index (χ0n) is 20.7. The minimum Gasteiger partial charge on any atom is -0.292 e. The lowest BCUT2D eigenvalue weighted by atomic mass is 9.90. The molecule has 0 unspecified atom stereocenters. The minimum atomic E-state index is 0.616. The monoisotopic (exact) mass is 434 g/mol. The van der Waals surface area contributed by atoms with E-state index in [9.17, 15) is 0 Å². The van der Waals surface area contributed by atoms with Crippen LogP contribution in [0.1, 0.15) is 49.9 Å². The van der Waals surface area contributed by atoms with Gasteiger partial charge in [0.2, 0.25) is 0 Å². The van der Waals surface area contributed by atoms with Gasteiger partial charge >= 0.3 is 0 Å². The van der Waals surface area contributed by atoms with E-state index in [1.807, 2.05) is 0 Å². The first kappa shape index (κ1) is 21.7. The number of aryl methyl sites for hydroxylation is 2. The molecule has 0 spiro atoms. The van der Waals surface area contributed by atoms with Crippen molar-refractivity contribution in [3.63, 3.8) is 0 Å². The summed E-state index contributed by atoms with van der Waals surface area (Å²) in [7, 11) is 0. The summed E-state index contributed by atoms with van der Waals surface area (Å²) >= 11 is 0. The van der Waals surface area contributed by atoms with Crippen LogP contribution in [-0.4, -0.2) is 9.38 Å². The van der Waals surface area contributed by atoms with Crippen molar-refractivity contribution in [3.05, 3.63) is 83.0 Å². The number of rotatable bonds is 5. The normalized spacial score (nSPS) is 12.1. The molecule has 0 N–H and O–H groups in total. The van der Waals surface area contributed by atoms with E-state index in [2.05, 4.69) is 107 Å². The molecule has 0 bridgehead atoms. The number of imidazole rings is 1. The lowest BCUT2D eigenvalue weighted by Gasteiger charge is -2.19. The number of benzene rings is 3. The van der Waals surface area contributed by atoms with Crippen LogP contribution in [0.15, 0.2) is 60.8 Å². The highest BCUT2D eigenvalue weighted by Gasteiger charge is 2.19. The molecule has 3 aromatic carbocycles. The van der Waals surface area contributed by atoms with Gasteiger partial charge in [0.1, 0.15) is 5.65 Å². The van der Waals surface area contributed by atoms with Crippen LogP contribution < -0.4 is 0 Å². The molecular formula is C31H34N2. The molecule has 2 heteroatoms. The summed E-state index contributed by atoms with van der Waals surface area (Å²) in [6.07, 6.45) is 4.28. The molecule has 33 heavy (non-hydrogen) atoms. The third-order valence-corrected chi connectivity index (χ3v) is 6.77. The van der Waals surface area contributed by atoms with Gasteiger partial charge in [-0.2, -0.15) is 0 Å². The predicted octanol–water partition coefficient (Wildman–Crippen LogP) is 8.32. The van der Waals surface area contributed by atoms with Gasteiger partial charge in [0.25, 0.3) is 0 Å². The smallest absolute Gasteiger partial charge is 0.145 e. The Kier molecular flexibility index (Phi) is 5.48. The van der Waals surface area contributed by atoms with E-state index in [1.54, 1.807) is 0 Å². The van der Waals surface area contributed by atoms with Gasteiger partial charge in [-0.05, 0) is 78.3 Å². The van der Waals surface area contributed by atoms with E-state index < -0.39 is 0 Å². The second-order valence-electron chi connectivity index (χ2n) is 10.4. The Morgan fingerprint density at radius 2 is 1.33 bits per heavy atom. The topological polar surface area (TPSA) is 17.3 Å². The molecule has 0 saturated heterocycles. The fourth-order valence-electron chi connectivity index (χ4n) is 5.43. The summed E-state index contributed by atoms with van der Waals surface area (Å²) in [5.41, 5.74) is 10.3. The Morgan fingerprint density at radius 1 is 0.727 bits per heavy atom. The average molecular weight is 435 g/mol. The van der Waals surface area contributed by atoms with E-state index in [4.69, 9.17) is 4.98 Å². The van der Waals surface area contributed by atoms with Crippen LogP contribution in [-0.2, 0) is 12.8 Å². The Bertz CT molecular complexity index is 1460. The predicted molar refractivity (Wildman–Crippen MR) is 142 cm³/mol. The van der Waals surface area contributed by atoms with Crippen LogP contribution in [0.25, 0.3) is 38.6 Å². The van der Waals surface area contributed by atoms with E-state index in [-0.39, 0.29) is 0 Å². The first-order chi connectivity index (χ1) is 15.8. The van der Waals surface area contributed by atoms with Crippen molar-refractivity contribution in [1.29, 1.82) is 0 Å². The maximum absolute atomic E-state index is 4.98. The van der Waals surface area contributed by atoms with Gasteiger partial charge in [-0.3, -0.25) is 4.40 Å². The summed E-state index contributed by atoms with van der Waals surface area (Å²) in [5.74, 6) is 1.24. The minimum absolute atomic E-state index is 0.616. The summed E-state index contributed by atoms with van der Waals surface area (Å²) < 4.78 is 2.41. The third kappa shape index (κ3) is 3.72. The molecule has 0 aliphatic heterocycles. The Balaban J connectivity index is 1.96. The molecule has 2 nitrogen and oxygen atoms in total. The van der Waals surface area contributed by atoms with Gasteiger partial charge < -0.3 is 0 Å². The van der Waals surface area contributed by atoms with Crippen molar-refractivity contribution < 1.29 is 0 Å². The van der Waals surface area contributed by atoms with Crippen LogP contribution in [0.2, 0.25) is 0 Å². The highest BCUT2D eigenvalue weighted by Crippen LogP contribution is 2.37. The first-order valence-corrected chi connectivity index (χ1v) is 12.3. The van der Waals surface area contributed by atoms with Crippen molar-refractivity contribution >= 4 is 27.3 Å². The maximum Gasteiger partial charge on any atom is 0.145 e. The molecule has 0 atom stereocenters. The number of nitrogens with zero attached hydrogens (tertiary/aromatic N) is 2. The van der Waals surface area contributed by atoms with Gasteiger partial charge in [-0.15, -0.1) is 0 Å². The second kappa shape index (κ2) is 8.33. The lowest BCUT2D eigenvalue weighted by molar-refractivity contribution is 0.616. The lowest BCUT2D eigenvalue weighted by Crippen LogP contribution is -2.05. The first-order valence-electron chi connectivity index (χ1n) is 12.3. The van der Waals surface area contributed by atoms with Crippen LogP contribution in [0.5, 0.6) is 0 Å². The fourth-order valence-corrected chi connectivity index (χ4v) is 5.43. The molecule has 0 saturated carbocycles. The van der Waals surface area contributed by atoms with Crippen LogP contribution in [0, 0.1) is 25.7 Å². The van der Waals surface area contributed by atoms with E-state index in [1.165, 1.54) is 55.2 Å². The van der Waals surface area contributed by atoms with Gasteiger partial charge in [0, 0.05) is 16.3 Å². The van der Waals surface area contributed by atoms with Gasteiger partial charge in [0.15, 0.2) is 0 Å². The Labute approximate surface area is 197 Å². The molecular weight excluding hydrogens is 400 g/mol. The molecule has 0 aliphatic carbocycles. The van der Waals surface area contributed by atoms with Crippen LogP contribution >= 0.6 is 0 Å². The largest absolute Gasteiger partial charge is 0.292 e. The molecule has 2 aromatic heterocycles. The molecule has 0 radical (unpaired) electrons. The molecule has 168 valence electrons. The Hall–Kier alpha value is -3.13. The van der Waals surface area contributed by atoms with Gasteiger partial charge in [0.05, 0.1) is 17.4 Å². The standard InChI is InChI=1S/C31H34N2/c1-19(2)14-23-16-27-25-12-7-8-13-26(25)31-32-18-29(30-21(5)10-9-11-22(30)6)33(31)28(27)17-24(23)15-20(3)4/h7-13,16-20H,14-15H2,1-6H3. The molecule has 0 fully saturated rings. The highest BCUT2D eigenvalue weighted by molar-refractivity contribution is 6.12. The molecule has 0 amide bonds. The summed E-state index contributed by atoms with van der Waals surface area (Å²) in [5, 5.41) is 3.83. The van der Waals surface area contributed by atoms with Crippen molar-refractivity contribution in [2.24, 2.45) is 11.8 Å². The van der Waals surface area contributed by atoms with Crippen LogP contribution in [0.4, 0.5) is 0 Å². The third-order valence-electron chi connectivity index (χ3n) is 6.77. The summed E-state index contributed by atoms with van der Waals surface area (Å²) in [4.78, 5) is 4.98.